The molecule has 0 saturated heterocycles. The number of halogens is 1. The van der Waals surface area contributed by atoms with Gasteiger partial charge in [0.1, 0.15) is 17.5 Å². The van der Waals surface area contributed by atoms with Crippen LogP contribution in [0.5, 0.6) is 5.75 Å². The zero-order valence-electron chi connectivity index (χ0n) is 11.1. The molecule has 0 heterocycles. The van der Waals surface area contributed by atoms with Gasteiger partial charge in [0.05, 0.1) is 5.57 Å². The highest BCUT2D eigenvalue weighted by atomic mass is 35.5. The average molecular weight is 285 g/mol. The Balaban J connectivity index is 2.94. The molecule has 1 aromatic carbocycles. The van der Waals surface area contributed by atoms with E-state index in [1.165, 1.54) is 18.2 Å². The van der Waals surface area contributed by atoms with Crippen molar-refractivity contribution in [3.05, 3.63) is 40.9 Å². The van der Waals surface area contributed by atoms with Crippen molar-refractivity contribution in [1.82, 2.24) is 0 Å². The lowest BCUT2D eigenvalue weighted by atomic mass is 10.0. The van der Waals surface area contributed by atoms with Gasteiger partial charge >= 0.3 is 5.97 Å². The predicted molar refractivity (Wildman–Crippen MR) is 73.1 cm³/mol. The number of hydrogen-bond donors (Lipinski definition) is 2. The lowest BCUT2D eigenvalue weighted by Crippen LogP contribution is -2.26. The van der Waals surface area contributed by atoms with Gasteiger partial charge in [0.25, 0.3) is 0 Å². The second-order valence-corrected chi connectivity index (χ2v) is 5.57. The molecule has 104 valence electrons. The maximum atomic E-state index is 11.8. The Labute approximate surface area is 117 Å². The van der Waals surface area contributed by atoms with Crippen molar-refractivity contribution in [2.24, 2.45) is 0 Å². The summed E-state index contributed by atoms with van der Waals surface area (Å²) in [5.74, 6) is -0.888. The van der Waals surface area contributed by atoms with Crippen molar-refractivity contribution >= 4 is 17.6 Å². The van der Waals surface area contributed by atoms with E-state index < -0.39 is 17.7 Å². The Morgan fingerprint density at radius 1 is 1.42 bits per heavy atom. The molecule has 0 amide bonds. The van der Waals surface area contributed by atoms with Crippen molar-refractivity contribution in [2.45, 2.75) is 32.5 Å². The summed E-state index contributed by atoms with van der Waals surface area (Å²) in [5, 5.41) is 20.0. The molecule has 1 atom stereocenters. The summed E-state index contributed by atoms with van der Waals surface area (Å²) >= 11 is 5.78. The van der Waals surface area contributed by atoms with Gasteiger partial charge < -0.3 is 14.9 Å². The highest BCUT2D eigenvalue weighted by molar-refractivity contribution is 6.30. The van der Waals surface area contributed by atoms with Crippen LogP contribution in [-0.2, 0) is 9.53 Å². The summed E-state index contributed by atoms with van der Waals surface area (Å²) in [5.41, 5.74) is -0.730. The number of ether oxygens (including phenoxy) is 1. The predicted octanol–water partition coefficient (Wildman–Crippen LogP) is 2.98. The lowest BCUT2D eigenvalue weighted by Gasteiger charge is -2.22. The van der Waals surface area contributed by atoms with Gasteiger partial charge in [0, 0.05) is 10.6 Å². The third kappa shape index (κ3) is 4.26. The minimum Gasteiger partial charge on any atom is -0.508 e. The quantitative estimate of drug-likeness (QED) is 0.661. The molecule has 0 spiro atoms. The van der Waals surface area contributed by atoms with E-state index in [9.17, 15) is 15.0 Å². The first-order valence-electron chi connectivity index (χ1n) is 5.70. The molecule has 0 aliphatic heterocycles. The highest BCUT2D eigenvalue weighted by Crippen LogP contribution is 2.31. The Bertz CT molecular complexity index is 503. The molecule has 0 bridgehead atoms. The number of aromatic hydroxyl groups is 1. The van der Waals surface area contributed by atoms with E-state index in [-0.39, 0.29) is 16.9 Å². The lowest BCUT2D eigenvalue weighted by molar-refractivity contribution is -0.151. The van der Waals surface area contributed by atoms with Crippen molar-refractivity contribution in [1.29, 1.82) is 0 Å². The number of aliphatic hydroxyl groups is 1. The molecular weight excluding hydrogens is 268 g/mol. The molecule has 2 N–H and O–H groups in total. The number of esters is 1. The first-order valence-corrected chi connectivity index (χ1v) is 6.08. The van der Waals surface area contributed by atoms with Gasteiger partial charge in [-0.25, -0.2) is 4.79 Å². The highest BCUT2D eigenvalue weighted by Gasteiger charge is 2.25. The number of phenols is 1. The van der Waals surface area contributed by atoms with Gasteiger partial charge in [-0.1, -0.05) is 18.2 Å². The maximum absolute atomic E-state index is 11.8. The molecule has 0 aliphatic carbocycles. The number of carbonyl (C=O) groups is 1. The topological polar surface area (TPSA) is 66.8 Å². The third-order valence-corrected chi connectivity index (χ3v) is 2.51. The fraction of sp³-hybridized carbons (Fsp3) is 0.357. The minimum absolute atomic E-state index is 0.114. The molecule has 0 fully saturated rings. The average Bonchev–Trinajstić information content (AvgIpc) is 2.28. The third-order valence-electron chi connectivity index (χ3n) is 2.28. The molecule has 4 nitrogen and oxygen atoms in total. The van der Waals surface area contributed by atoms with E-state index in [1.807, 2.05) is 0 Å². The zero-order chi connectivity index (χ0) is 14.8. The van der Waals surface area contributed by atoms with Crippen LogP contribution in [-0.4, -0.2) is 21.8 Å². The Hall–Kier alpha value is -1.52. The Morgan fingerprint density at radius 2 is 2.00 bits per heavy atom. The van der Waals surface area contributed by atoms with E-state index in [1.54, 1.807) is 20.8 Å². The van der Waals surface area contributed by atoms with Crippen molar-refractivity contribution in [3.63, 3.8) is 0 Å². The minimum atomic E-state index is -1.37. The van der Waals surface area contributed by atoms with Crippen LogP contribution in [0, 0.1) is 0 Å². The molecule has 19 heavy (non-hydrogen) atoms. The second kappa shape index (κ2) is 5.63. The zero-order valence-corrected chi connectivity index (χ0v) is 11.9. The normalized spacial score (nSPS) is 12.9. The summed E-state index contributed by atoms with van der Waals surface area (Å²) in [6.07, 6.45) is -1.37. The van der Waals surface area contributed by atoms with Crippen LogP contribution in [0.4, 0.5) is 0 Å². The van der Waals surface area contributed by atoms with Crippen molar-refractivity contribution < 1.29 is 19.7 Å². The summed E-state index contributed by atoms with van der Waals surface area (Å²) in [7, 11) is 0. The van der Waals surface area contributed by atoms with E-state index >= 15 is 0 Å². The largest absolute Gasteiger partial charge is 0.508 e. The smallest absolute Gasteiger partial charge is 0.336 e. The molecule has 0 aliphatic rings. The Kier molecular flexibility index (Phi) is 4.61. The number of carbonyl (C=O) groups excluding carboxylic acids is 1. The van der Waals surface area contributed by atoms with Crippen LogP contribution in [0.25, 0.3) is 0 Å². The molecule has 0 aromatic heterocycles. The molecule has 5 heteroatoms. The standard InChI is InChI=1S/C14H17ClO4/c1-8(13(18)19-14(2,3)4)12(17)10-7-9(15)5-6-11(10)16/h5-7,12,16-17H,1H2,2-4H3. The molecule has 0 radical (unpaired) electrons. The number of hydrogen-bond acceptors (Lipinski definition) is 4. The monoisotopic (exact) mass is 284 g/mol. The first-order chi connectivity index (χ1) is 8.61. The van der Waals surface area contributed by atoms with Gasteiger partial charge in [-0.3, -0.25) is 0 Å². The van der Waals surface area contributed by atoms with Crippen molar-refractivity contribution in [2.75, 3.05) is 0 Å². The summed E-state index contributed by atoms with van der Waals surface area (Å²) in [6.45, 7) is 8.64. The number of phenolic OH excluding ortho intramolecular Hbond substituents is 1. The van der Waals surface area contributed by atoms with E-state index in [0.29, 0.717) is 5.02 Å². The molecular formula is C14H17ClO4. The number of rotatable bonds is 3. The van der Waals surface area contributed by atoms with Gasteiger partial charge in [0.15, 0.2) is 0 Å². The Morgan fingerprint density at radius 3 is 2.53 bits per heavy atom. The van der Waals surface area contributed by atoms with E-state index in [0.717, 1.165) is 0 Å². The summed E-state index contributed by atoms with van der Waals surface area (Å²) in [6, 6.07) is 4.18. The van der Waals surface area contributed by atoms with Gasteiger partial charge in [-0.15, -0.1) is 0 Å². The molecule has 1 unspecified atom stereocenters. The van der Waals surface area contributed by atoms with Gasteiger partial charge in [-0.05, 0) is 39.0 Å². The molecule has 1 rings (SSSR count). The van der Waals surface area contributed by atoms with E-state index in [4.69, 9.17) is 16.3 Å². The van der Waals surface area contributed by atoms with Crippen LogP contribution in [0.2, 0.25) is 5.02 Å². The van der Waals surface area contributed by atoms with Crippen LogP contribution < -0.4 is 0 Å². The van der Waals surface area contributed by atoms with Crippen molar-refractivity contribution in [3.8, 4) is 5.75 Å². The molecule has 0 saturated carbocycles. The van der Waals surface area contributed by atoms with Gasteiger partial charge in [-0.2, -0.15) is 0 Å². The van der Waals surface area contributed by atoms with Crippen LogP contribution >= 0.6 is 11.6 Å². The van der Waals surface area contributed by atoms with E-state index in [2.05, 4.69) is 6.58 Å². The second-order valence-electron chi connectivity index (χ2n) is 5.13. The maximum Gasteiger partial charge on any atom is 0.336 e. The van der Waals surface area contributed by atoms with Crippen LogP contribution in [0.3, 0.4) is 0 Å². The first kappa shape index (κ1) is 15.5. The molecule has 1 aromatic rings. The summed E-state index contributed by atoms with van der Waals surface area (Å²) < 4.78 is 5.10. The number of aliphatic hydroxyl groups excluding tert-OH is 1. The van der Waals surface area contributed by atoms with Gasteiger partial charge in [0.2, 0.25) is 0 Å². The number of benzene rings is 1. The van der Waals surface area contributed by atoms with Crippen LogP contribution in [0.15, 0.2) is 30.4 Å². The van der Waals surface area contributed by atoms with Crippen LogP contribution in [0.1, 0.15) is 32.4 Å². The fourth-order valence-corrected chi connectivity index (χ4v) is 1.57. The SMILES string of the molecule is C=C(C(=O)OC(C)(C)C)C(O)c1cc(Cl)ccc1O. The summed E-state index contributed by atoms with van der Waals surface area (Å²) in [4.78, 5) is 11.8. The fourth-order valence-electron chi connectivity index (χ4n) is 1.39.